The lowest BCUT2D eigenvalue weighted by Crippen LogP contribution is -2.50. The Hall–Kier alpha value is -2.58. The molecule has 1 N–H and O–H groups in total. The minimum Gasteiger partial charge on any atom is -0.376 e. The van der Waals surface area contributed by atoms with E-state index in [0.29, 0.717) is 13.1 Å². The first-order valence-corrected chi connectivity index (χ1v) is 11.6. The number of anilines is 2. The lowest BCUT2D eigenvalue weighted by Gasteiger charge is -2.36. The van der Waals surface area contributed by atoms with Crippen LogP contribution < -0.4 is 10.2 Å². The summed E-state index contributed by atoms with van der Waals surface area (Å²) in [7, 11) is -1.93. The number of rotatable bonds is 7. The molecule has 1 aliphatic rings. The number of carbonyl (C=O) groups excluding carboxylic acids is 1. The van der Waals surface area contributed by atoms with Crippen LogP contribution in [0.4, 0.5) is 11.4 Å². The van der Waals surface area contributed by atoms with Crippen LogP contribution in [0.1, 0.15) is 13.8 Å². The van der Waals surface area contributed by atoms with Gasteiger partial charge in [-0.2, -0.15) is 4.31 Å². The molecule has 2 aromatic rings. The van der Waals surface area contributed by atoms with Crippen LogP contribution in [0.2, 0.25) is 0 Å². The molecule has 162 valence electrons. The van der Waals surface area contributed by atoms with Crippen molar-refractivity contribution in [2.24, 2.45) is 0 Å². The molecule has 7 nitrogen and oxygen atoms in total. The van der Waals surface area contributed by atoms with Gasteiger partial charge in [-0.15, -0.1) is 0 Å². The first-order chi connectivity index (χ1) is 14.3. The van der Waals surface area contributed by atoms with Gasteiger partial charge in [-0.3, -0.25) is 4.79 Å². The average Bonchev–Trinajstić information content (AvgIpc) is 2.77. The van der Waals surface area contributed by atoms with E-state index in [1.807, 2.05) is 36.9 Å². The second-order valence-electron chi connectivity index (χ2n) is 7.70. The fourth-order valence-corrected chi connectivity index (χ4v) is 4.70. The Morgan fingerprint density at radius 3 is 2.17 bits per heavy atom. The highest BCUT2D eigenvalue weighted by Crippen LogP contribution is 2.19. The van der Waals surface area contributed by atoms with E-state index in [9.17, 15) is 13.2 Å². The van der Waals surface area contributed by atoms with E-state index in [4.69, 9.17) is 0 Å². The van der Waals surface area contributed by atoms with Gasteiger partial charge in [-0.1, -0.05) is 18.2 Å². The van der Waals surface area contributed by atoms with E-state index in [2.05, 4.69) is 22.3 Å². The van der Waals surface area contributed by atoms with Crippen LogP contribution in [0.15, 0.2) is 59.5 Å². The van der Waals surface area contributed by atoms with Gasteiger partial charge >= 0.3 is 0 Å². The van der Waals surface area contributed by atoms with Gasteiger partial charge in [0.15, 0.2) is 0 Å². The summed E-state index contributed by atoms with van der Waals surface area (Å²) >= 11 is 0. The second-order valence-corrected chi connectivity index (χ2v) is 9.69. The van der Waals surface area contributed by atoms with Crippen molar-refractivity contribution in [1.82, 2.24) is 9.21 Å². The van der Waals surface area contributed by atoms with E-state index < -0.39 is 10.0 Å². The maximum atomic E-state index is 12.5. The van der Waals surface area contributed by atoms with Crippen molar-refractivity contribution >= 4 is 27.3 Å². The molecule has 8 heteroatoms. The lowest BCUT2D eigenvalue weighted by molar-refractivity contribution is -0.129. The number of carbonyl (C=O) groups is 1. The third-order valence-electron chi connectivity index (χ3n) is 5.46. The highest BCUT2D eigenvalue weighted by atomic mass is 32.2. The standard InChI is InChI=1S/C22H30N4O3S/c1-18(2)24(3)30(28,29)21-11-9-19(10-12-21)23-17-22(27)26-15-13-25(14-16-26)20-7-5-4-6-8-20/h4-12,18,23H,13-17H2,1-3H3. The Bertz CT molecular complexity index is 938. The maximum absolute atomic E-state index is 12.5. The van der Waals surface area contributed by atoms with Crippen LogP contribution in [-0.2, 0) is 14.8 Å². The maximum Gasteiger partial charge on any atom is 0.243 e. The third kappa shape index (κ3) is 5.12. The minimum atomic E-state index is -3.51. The molecule has 0 atom stereocenters. The highest BCUT2D eigenvalue weighted by Gasteiger charge is 2.23. The van der Waals surface area contributed by atoms with Gasteiger partial charge in [-0.25, -0.2) is 8.42 Å². The summed E-state index contributed by atoms with van der Waals surface area (Å²) in [5.41, 5.74) is 1.90. The van der Waals surface area contributed by atoms with Crippen LogP contribution in [0.25, 0.3) is 0 Å². The molecule has 1 amide bonds. The fraction of sp³-hybridized carbons (Fsp3) is 0.409. The molecule has 0 spiro atoms. The van der Waals surface area contributed by atoms with Gasteiger partial charge in [-0.05, 0) is 50.2 Å². The van der Waals surface area contributed by atoms with Crippen molar-refractivity contribution in [3.8, 4) is 0 Å². The van der Waals surface area contributed by atoms with Crippen molar-refractivity contribution in [2.75, 3.05) is 50.0 Å². The molecular weight excluding hydrogens is 400 g/mol. The van der Waals surface area contributed by atoms with Gasteiger partial charge < -0.3 is 15.1 Å². The van der Waals surface area contributed by atoms with Gasteiger partial charge in [0.2, 0.25) is 15.9 Å². The first kappa shape index (κ1) is 22.1. The molecule has 0 saturated carbocycles. The summed E-state index contributed by atoms with van der Waals surface area (Å²) in [6.07, 6.45) is 0. The van der Waals surface area contributed by atoms with Crippen LogP contribution in [0, 0.1) is 0 Å². The molecule has 1 fully saturated rings. The molecule has 0 unspecified atom stereocenters. The number of amides is 1. The van der Waals surface area contributed by atoms with E-state index in [1.54, 1.807) is 31.3 Å². The zero-order valence-corrected chi connectivity index (χ0v) is 18.6. The van der Waals surface area contributed by atoms with Crippen molar-refractivity contribution in [3.05, 3.63) is 54.6 Å². The molecule has 0 aliphatic carbocycles. The van der Waals surface area contributed by atoms with Crippen LogP contribution in [0.3, 0.4) is 0 Å². The quantitative estimate of drug-likeness (QED) is 0.731. The number of para-hydroxylation sites is 1. The summed E-state index contributed by atoms with van der Waals surface area (Å²) in [4.78, 5) is 16.9. The molecule has 3 rings (SSSR count). The smallest absolute Gasteiger partial charge is 0.243 e. The minimum absolute atomic E-state index is 0.0407. The number of benzene rings is 2. The summed E-state index contributed by atoms with van der Waals surface area (Å²) in [5, 5.41) is 3.10. The Balaban J connectivity index is 1.51. The molecule has 0 aromatic heterocycles. The van der Waals surface area contributed by atoms with E-state index >= 15 is 0 Å². The van der Waals surface area contributed by atoms with E-state index in [-0.39, 0.29) is 23.4 Å². The second kappa shape index (κ2) is 9.49. The van der Waals surface area contributed by atoms with Crippen molar-refractivity contribution in [1.29, 1.82) is 0 Å². The number of nitrogens with one attached hydrogen (secondary N) is 1. The molecule has 1 saturated heterocycles. The Kier molecular flexibility index (Phi) is 6.99. The van der Waals surface area contributed by atoms with Crippen molar-refractivity contribution < 1.29 is 13.2 Å². The number of sulfonamides is 1. The van der Waals surface area contributed by atoms with Crippen LogP contribution in [0.5, 0.6) is 0 Å². The van der Waals surface area contributed by atoms with Gasteiger partial charge in [0.05, 0.1) is 11.4 Å². The largest absolute Gasteiger partial charge is 0.376 e. The predicted octanol–water partition coefficient (Wildman–Crippen LogP) is 2.48. The molecular formula is C22H30N4O3S. The van der Waals surface area contributed by atoms with E-state index in [1.165, 1.54) is 9.99 Å². The summed E-state index contributed by atoms with van der Waals surface area (Å²) < 4.78 is 26.4. The topological polar surface area (TPSA) is 73.0 Å². The molecule has 1 heterocycles. The molecule has 30 heavy (non-hydrogen) atoms. The molecule has 2 aromatic carbocycles. The fourth-order valence-electron chi connectivity index (χ4n) is 3.33. The summed E-state index contributed by atoms with van der Waals surface area (Å²) in [6.45, 7) is 6.85. The first-order valence-electron chi connectivity index (χ1n) is 10.2. The molecule has 0 radical (unpaired) electrons. The molecule has 0 bridgehead atoms. The van der Waals surface area contributed by atoms with Gasteiger partial charge in [0.1, 0.15) is 0 Å². The summed E-state index contributed by atoms with van der Waals surface area (Å²) in [5.74, 6) is 0.0407. The normalized spacial score (nSPS) is 15.0. The average molecular weight is 431 g/mol. The zero-order chi connectivity index (χ0) is 21.7. The summed E-state index contributed by atoms with van der Waals surface area (Å²) in [6, 6.07) is 16.6. The van der Waals surface area contributed by atoms with Gasteiger partial charge in [0.25, 0.3) is 0 Å². The number of nitrogens with zero attached hydrogens (tertiary/aromatic N) is 3. The van der Waals surface area contributed by atoms with Crippen molar-refractivity contribution in [2.45, 2.75) is 24.8 Å². The Morgan fingerprint density at radius 1 is 1.00 bits per heavy atom. The van der Waals surface area contributed by atoms with Crippen LogP contribution >= 0.6 is 0 Å². The number of piperazine rings is 1. The molecule has 1 aliphatic heterocycles. The zero-order valence-electron chi connectivity index (χ0n) is 17.8. The SMILES string of the molecule is CC(C)N(C)S(=O)(=O)c1ccc(NCC(=O)N2CCN(c3ccccc3)CC2)cc1. The number of hydrogen-bond donors (Lipinski definition) is 1. The van der Waals surface area contributed by atoms with Gasteiger partial charge in [0, 0.05) is 50.6 Å². The lowest BCUT2D eigenvalue weighted by atomic mass is 10.2. The van der Waals surface area contributed by atoms with Crippen LogP contribution in [-0.4, -0.2) is 69.3 Å². The highest BCUT2D eigenvalue weighted by molar-refractivity contribution is 7.89. The van der Waals surface area contributed by atoms with Crippen molar-refractivity contribution in [3.63, 3.8) is 0 Å². The number of hydrogen-bond acceptors (Lipinski definition) is 5. The monoisotopic (exact) mass is 430 g/mol. The Morgan fingerprint density at radius 2 is 1.60 bits per heavy atom. The predicted molar refractivity (Wildman–Crippen MR) is 120 cm³/mol. The third-order valence-corrected chi connectivity index (χ3v) is 7.50. The van der Waals surface area contributed by atoms with E-state index in [0.717, 1.165) is 18.8 Å². The Labute approximate surface area is 179 Å².